The van der Waals surface area contributed by atoms with Crippen molar-refractivity contribution in [1.29, 1.82) is 0 Å². The highest BCUT2D eigenvalue weighted by Crippen LogP contribution is 2.22. The van der Waals surface area contributed by atoms with Crippen molar-refractivity contribution in [3.8, 4) is 0 Å². The van der Waals surface area contributed by atoms with Gasteiger partial charge < -0.3 is 10.3 Å². The van der Waals surface area contributed by atoms with Gasteiger partial charge in [0.15, 0.2) is 0 Å². The van der Waals surface area contributed by atoms with Crippen LogP contribution < -0.4 is 5.73 Å². The zero-order chi connectivity index (χ0) is 10.8. The first kappa shape index (κ1) is 10.6. The first-order chi connectivity index (χ1) is 7.18. The molecule has 82 valence electrons. The highest BCUT2D eigenvalue weighted by Gasteiger charge is 2.17. The standard InChI is InChI=1S/C11H17N3S/c1-8-13-9-4-2-3-5-10(9)14(8)7-6-11(12)15/h2-7H2,1H3,(H2,12,15). The molecule has 0 bridgehead atoms. The van der Waals surface area contributed by atoms with Crippen LogP contribution in [0.25, 0.3) is 0 Å². The average Bonchev–Trinajstić information content (AvgIpc) is 2.50. The van der Waals surface area contributed by atoms with Crippen LogP contribution in [0.5, 0.6) is 0 Å². The van der Waals surface area contributed by atoms with Gasteiger partial charge in [-0.15, -0.1) is 0 Å². The molecule has 15 heavy (non-hydrogen) atoms. The van der Waals surface area contributed by atoms with E-state index in [-0.39, 0.29) is 0 Å². The molecule has 0 fully saturated rings. The molecule has 2 rings (SSSR count). The second-order valence-corrected chi connectivity index (χ2v) is 4.65. The van der Waals surface area contributed by atoms with Crippen LogP contribution in [-0.2, 0) is 19.4 Å². The van der Waals surface area contributed by atoms with Crippen molar-refractivity contribution in [2.45, 2.75) is 45.6 Å². The summed E-state index contributed by atoms with van der Waals surface area (Å²) < 4.78 is 2.29. The molecule has 1 aromatic heterocycles. The Morgan fingerprint density at radius 2 is 2.20 bits per heavy atom. The normalized spacial score (nSPS) is 15.0. The summed E-state index contributed by atoms with van der Waals surface area (Å²) in [6.07, 6.45) is 5.63. The molecule has 0 amide bonds. The van der Waals surface area contributed by atoms with E-state index in [1.54, 1.807) is 0 Å². The van der Waals surface area contributed by atoms with E-state index in [0.29, 0.717) is 4.99 Å². The van der Waals surface area contributed by atoms with E-state index in [2.05, 4.69) is 16.5 Å². The Labute approximate surface area is 95.7 Å². The number of thiocarbonyl (C=S) groups is 1. The summed E-state index contributed by atoms with van der Waals surface area (Å²) in [5, 5.41) is 0. The second-order valence-electron chi connectivity index (χ2n) is 4.13. The Bertz CT molecular complexity index is 381. The van der Waals surface area contributed by atoms with Gasteiger partial charge in [0, 0.05) is 18.7 Å². The van der Waals surface area contributed by atoms with Gasteiger partial charge in [0.05, 0.1) is 10.7 Å². The maximum atomic E-state index is 5.53. The van der Waals surface area contributed by atoms with E-state index in [1.165, 1.54) is 24.2 Å². The topological polar surface area (TPSA) is 43.8 Å². The summed E-state index contributed by atoms with van der Waals surface area (Å²) in [5.41, 5.74) is 8.24. The molecule has 1 aliphatic rings. The van der Waals surface area contributed by atoms with Crippen molar-refractivity contribution in [3.63, 3.8) is 0 Å². The molecule has 0 unspecified atom stereocenters. The van der Waals surface area contributed by atoms with Crippen LogP contribution in [0.1, 0.15) is 36.5 Å². The largest absolute Gasteiger partial charge is 0.393 e. The molecule has 0 spiro atoms. The van der Waals surface area contributed by atoms with Crippen molar-refractivity contribution < 1.29 is 0 Å². The molecule has 1 aliphatic carbocycles. The van der Waals surface area contributed by atoms with Gasteiger partial charge >= 0.3 is 0 Å². The third-order valence-corrected chi connectivity index (χ3v) is 3.21. The molecule has 4 heteroatoms. The SMILES string of the molecule is Cc1nc2c(n1CCC(N)=S)CCCC2. The fourth-order valence-electron chi connectivity index (χ4n) is 2.25. The molecule has 3 nitrogen and oxygen atoms in total. The average molecular weight is 223 g/mol. The van der Waals surface area contributed by atoms with Gasteiger partial charge in [-0.2, -0.15) is 0 Å². The predicted molar refractivity (Wildman–Crippen MR) is 65.0 cm³/mol. The molecule has 0 radical (unpaired) electrons. The Balaban J connectivity index is 2.21. The quantitative estimate of drug-likeness (QED) is 0.794. The summed E-state index contributed by atoms with van der Waals surface area (Å²) in [6, 6.07) is 0. The van der Waals surface area contributed by atoms with Crippen molar-refractivity contribution in [2.24, 2.45) is 5.73 Å². The van der Waals surface area contributed by atoms with Crippen LogP contribution in [0.2, 0.25) is 0 Å². The van der Waals surface area contributed by atoms with Gasteiger partial charge in [0.2, 0.25) is 0 Å². The van der Waals surface area contributed by atoms with Gasteiger partial charge in [0.25, 0.3) is 0 Å². The van der Waals surface area contributed by atoms with Gasteiger partial charge in [-0.05, 0) is 32.6 Å². The lowest BCUT2D eigenvalue weighted by Gasteiger charge is -2.14. The van der Waals surface area contributed by atoms with E-state index >= 15 is 0 Å². The zero-order valence-corrected chi connectivity index (χ0v) is 9.94. The Hall–Kier alpha value is -0.900. The zero-order valence-electron chi connectivity index (χ0n) is 9.12. The minimum absolute atomic E-state index is 0.590. The fraction of sp³-hybridized carbons (Fsp3) is 0.636. The molecule has 0 saturated carbocycles. The minimum atomic E-state index is 0.590. The van der Waals surface area contributed by atoms with Gasteiger partial charge in [-0.3, -0.25) is 0 Å². The van der Waals surface area contributed by atoms with Gasteiger partial charge in [0.1, 0.15) is 5.82 Å². The number of rotatable bonds is 3. The number of aryl methyl sites for hydroxylation is 2. The molecule has 0 aromatic carbocycles. The summed E-state index contributed by atoms with van der Waals surface area (Å²) in [7, 11) is 0. The van der Waals surface area contributed by atoms with Crippen molar-refractivity contribution in [3.05, 3.63) is 17.2 Å². The highest BCUT2D eigenvalue weighted by molar-refractivity contribution is 7.80. The lowest BCUT2D eigenvalue weighted by molar-refractivity contribution is 0.605. The van der Waals surface area contributed by atoms with E-state index < -0.39 is 0 Å². The lowest BCUT2D eigenvalue weighted by Crippen LogP contribution is -2.15. The molecule has 1 heterocycles. The number of fused-ring (bicyclic) bond motifs is 1. The number of hydrogen-bond donors (Lipinski definition) is 1. The van der Waals surface area contributed by atoms with E-state index in [4.69, 9.17) is 18.0 Å². The summed E-state index contributed by atoms with van der Waals surface area (Å²) >= 11 is 4.91. The van der Waals surface area contributed by atoms with Crippen LogP contribution in [-0.4, -0.2) is 14.5 Å². The van der Waals surface area contributed by atoms with Crippen LogP contribution in [0.3, 0.4) is 0 Å². The van der Waals surface area contributed by atoms with Crippen LogP contribution in [0, 0.1) is 6.92 Å². The molecule has 0 saturated heterocycles. The minimum Gasteiger partial charge on any atom is -0.393 e. The van der Waals surface area contributed by atoms with Crippen LogP contribution >= 0.6 is 12.2 Å². The van der Waals surface area contributed by atoms with Gasteiger partial charge in [-0.25, -0.2) is 4.98 Å². The molecular formula is C11H17N3S. The number of imidazole rings is 1. The maximum Gasteiger partial charge on any atom is 0.106 e. The second kappa shape index (κ2) is 4.31. The predicted octanol–water partition coefficient (Wildman–Crippen LogP) is 1.75. The lowest BCUT2D eigenvalue weighted by atomic mass is 10.0. The number of hydrogen-bond acceptors (Lipinski definition) is 2. The number of nitrogens with zero attached hydrogens (tertiary/aromatic N) is 2. The van der Waals surface area contributed by atoms with E-state index in [1.807, 2.05) is 0 Å². The third-order valence-electron chi connectivity index (χ3n) is 3.01. The summed E-state index contributed by atoms with van der Waals surface area (Å²) in [5.74, 6) is 1.11. The first-order valence-corrected chi connectivity index (χ1v) is 5.92. The molecule has 0 atom stereocenters. The monoisotopic (exact) mass is 223 g/mol. The smallest absolute Gasteiger partial charge is 0.106 e. The van der Waals surface area contributed by atoms with E-state index in [0.717, 1.165) is 31.6 Å². The van der Waals surface area contributed by atoms with Crippen molar-refractivity contribution >= 4 is 17.2 Å². The fourth-order valence-corrected chi connectivity index (χ4v) is 2.35. The summed E-state index contributed by atoms with van der Waals surface area (Å²) in [6.45, 7) is 2.96. The Kier molecular flexibility index (Phi) is 3.05. The molecule has 0 aliphatic heterocycles. The first-order valence-electron chi connectivity index (χ1n) is 5.51. The maximum absolute atomic E-state index is 5.53. The Morgan fingerprint density at radius 3 is 2.93 bits per heavy atom. The molecular weight excluding hydrogens is 206 g/mol. The van der Waals surface area contributed by atoms with Crippen molar-refractivity contribution in [2.75, 3.05) is 0 Å². The third kappa shape index (κ3) is 2.20. The molecule has 2 N–H and O–H groups in total. The molecule has 1 aromatic rings. The van der Waals surface area contributed by atoms with Crippen molar-refractivity contribution in [1.82, 2.24) is 9.55 Å². The Morgan fingerprint density at radius 1 is 1.47 bits per heavy atom. The number of nitrogens with two attached hydrogens (primary N) is 1. The highest BCUT2D eigenvalue weighted by atomic mass is 32.1. The number of aromatic nitrogens is 2. The van der Waals surface area contributed by atoms with Crippen LogP contribution in [0.15, 0.2) is 0 Å². The van der Waals surface area contributed by atoms with Gasteiger partial charge in [-0.1, -0.05) is 12.2 Å². The summed E-state index contributed by atoms with van der Waals surface area (Å²) in [4.78, 5) is 5.20. The van der Waals surface area contributed by atoms with E-state index in [9.17, 15) is 0 Å². The van der Waals surface area contributed by atoms with Crippen LogP contribution in [0.4, 0.5) is 0 Å².